The molecule has 0 aromatic heterocycles. The summed E-state index contributed by atoms with van der Waals surface area (Å²) in [4.78, 5) is 0. The molecular formula is C17H20BrNO2. The summed E-state index contributed by atoms with van der Waals surface area (Å²) in [6.45, 7) is 4.20. The summed E-state index contributed by atoms with van der Waals surface area (Å²) < 4.78 is 12.0. The summed E-state index contributed by atoms with van der Waals surface area (Å²) in [5.74, 6) is 1.56. The van der Waals surface area contributed by atoms with Crippen molar-refractivity contribution < 1.29 is 9.47 Å². The van der Waals surface area contributed by atoms with Gasteiger partial charge in [-0.25, -0.2) is 0 Å². The molecule has 3 nitrogen and oxygen atoms in total. The number of hydrogen-bond donors (Lipinski definition) is 1. The molecule has 0 aliphatic rings. The highest BCUT2D eigenvalue weighted by atomic mass is 79.9. The number of benzene rings is 2. The van der Waals surface area contributed by atoms with Crippen LogP contribution in [0.5, 0.6) is 11.5 Å². The molecule has 2 rings (SSSR count). The van der Waals surface area contributed by atoms with Gasteiger partial charge in [0.05, 0.1) is 13.7 Å². The highest BCUT2D eigenvalue weighted by molar-refractivity contribution is 9.10. The van der Waals surface area contributed by atoms with E-state index in [2.05, 4.69) is 39.4 Å². The van der Waals surface area contributed by atoms with Crippen LogP contribution in [0, 0.1) is 0 Å². The lowest BCUT2D eigenvalue weighted by atomic mass is 10.2. The van der Waals surface area contributed by atoms with Crippen LogP contribution in [0.3, 0.4) is 0 Å². The second kappa shape index (κ2) is 8.05. The van der Waals surface area contributed by atoms with Crippen LogP contribution < -0.4 is 14.8 Å². The van der Waals surface area contributed by atoms with Gasteiger partial charge in [-0.1, -0.05) is 40.2 Å². The fourth-order valence-corrected chi connectivity index (χ4v) is 2.50. The number of hydrogen-bond acceptors (Lipinski definition) is 3. The second-order valence-corrected chi connectivity index (χ2v) is 5.47. The van der Waals surface area contributed by atoms with Crippen molar-refractivity contribution in [3.8, 4) is 11.5 Å². The molecular weight excluding hydrogens is 330 g/mol. The van der Waals surface area contributed by atoms with Crippen LogP contribution in [0.4, 0.5) is 0 Å². The molecule has 0 aliphatic heterocycles. The predicted molar refractivity (Wildman–Crippen MR) is 88.8 cm³/mol. The molecule has 0 spiro atoms. The first-order valence-corrected chi connectivity index (χ1v) is 7.77. The summed E-state index contributed by atoms with van der Waals surface area (Å²) in [6, 6.07) is 14.2. The van der Waals surface area contributed by atoms with Gasteiger partial charge in [-0.3, -0.25) is 0 Å². The molecule has 0 aliphatic carbocycles. The Hall–Kier alpha value is -1.52. The van der Waals surface area contributed by atoms with Gasteiger partial charge in [0.25, 0.3) is 0 Å². The van der Waals surface area contributed by atoms with Crippen LogP contribution in [-0.2, 0) is 13.1 Å². The highest BCUT2D eigenvalue weighted by Crippen LogP contribution is 2.28. The first-order valence-electron chi connectivity index (χ1n) is 6.98. The monoisotopic (exact) mass is 349 g/mol. The Bertz CT molecular complexity index is 587. The molecule has 21 heavy (non-hydrogen) atoms. The third-order valence-corrected chi connectivity index (χ3v) is 3.90. The minimum absolute atomic E-state index is 0.635. The summed E-state index contributed by atoms with van der Waals surface area (Å²) in [7, 11) is 1.66. The minimum atomic E-state index is 0.635. The molecule has 2 aromatic rings. The van der Waals surface area contributed by atoms with Crippen molar-refractivity contribution in [3.63, 3.8) is 0 Å². The van der Waals surface area contributed by atoms with Gasteiger partial charge >= 0.3 is 0 Å². The number of rotatable bonds is 7. The summed E-state index contributed by atoms with van der Waals surface area (Å²) in [5, 5.41) is 3.44. The lowest BCUT2D eigenvalue weighted by Gasteiger charge is -2.12. The van der Waals surface area contributed by atoms with E-state index in [1.165, 1.54) is 11.1 Å². The van der Waals surface area contributed by atoms with Crippen LogP contribution in [0.1, 0.15) is 18.1 Å². The van der Waals surface area contributed by atoms with Crippen molar-refractivity contribution >= 4 is 15.9 Å². The van der Waals surface area contributed by atoms with Crippen molar-refractivity contribution in [2.24, 2.45) is 0 Å². The smallest absolute Gasteiger partial charge is 0.161 e. The van der Waals surface area contributed by atoms with E-state index in [4.69, 9.17) is 9.47 Å². The van der Waals surface area contributed by atoms with Crippen molar-refractivity contribution in [2.75, 3.05) is 13.7 Å². The zero-order chi connectivity index (χ0) is 15.1. The Morgan fingerprint density at radius 1 is 1.05 bits per heavy atom. The standard InChI is InChI=1S/C17H20BrNO2/c1-3-21-16-9-8-13(10-17(16)20-2)11-19-12-14-6-4-5-7-15(14)18/h4-10,19H,3,11-12H2,1-2H3. The largest absolute Gasteiger partial charge is 0.493 e. The van der Waals surface area contributed by atoms with E-state index in [9.17, 15) is 0 Å². The molecule has 0 saturated heterocycles. The molecule has 0 atom stereocenters. The number of ether oxygens (including phenoxy) is 2. The first kappa shape index (κ1) is 15.9. The van der Waals surface area contributed by atoms with Crippen LogP contribution in [0.25, 0.3) is 0 Å². The molecule has 112 valence electrons. The van der Waals surface area contributed by atoms with Crippen molar-refractivity contribution in [2.45, 2.75) is 20.0 Å². The third kappa shape index (κ3) is 4.48. The zero-order valence-electron chi connectivity index (χ0n) is 12.4. The van der Waals surface area contributed by atoms with Gasteiger partial charge in [0.2, 0.25) is 0 Å². The van der Waals surface area contributed by atoms with E-state index in [1.54, 1.807) is 7.11 Å². The second-order valence-electron chi connectivity index (χ2n) is 4.61. The van der Waals surface area contributed by atoms with Gasteiger partial charge in [0, 0.05) is 17.6 Å². The average Bonchev–Trinajstić information content (AvgIpc) is 2.51. The number of halogens is 1. The molecule has 0 fully saturated rings. The molecule has 1 N–H and O–H groups in total. The summed E-state index contributed by atoms with van der Waals surface area (Å²) in [5.41, 5.74) is 2.41. The Balaban J connectivity index is 1.96. The Morgan fingerprint density at radius 2 is 1.86 bits per heavy atom. The van der Waals surface area contributed by atoms with E-state index in [-0.39, 0.29) is 0 Å². The van der Waals surface area contributed by atoms with Crippen molar-refractivity contribution in [1.82, 2.24) is 5.32 Å². The zero-order valence-corrected chi connectivity index (χ0v) is 13.9. The number of nitrogens with one attached hydrogen (secondary N) is 1. The van der Waals surface area contributed by atoms with E-state index >= 15 is 0 Å². The third-order valence-electron chi connectivity index (χ3n) is 3.13. The molecule has 4 heteroatoms. The fourth-order valence-electron chi connectivity index (χ4n) is 2.08. The van der Waals surface area contributed by atoms with Crippen LogP contribution in [0.15, 0.2) is 46.9 Å². The SMILES string of the molecule is CCOc1ccc(CNCc2ccccc2Br)cc1OC. The Labute approximate surface area is 134 Å². The van der Waals surface area contributed by atoms with Crippen LogP contribution in [0.2, 0.25) is 0 Å². The van der Waals surface area contributed by atoms with E-state index in [0.29, 0.717) is 6.61 Å². The molecule has 0 bridgehead atoms. The maximum atomic E-state index is 5.52. The van der Waals surface area contributed by atoms with Crippen molar-refractivity contribution in [3.05, 3.63) is 58.1 Å². The molecule has 2 aromatic carbocycles. The summed E-state index contributed by atoms with van der Waals surface area (Å²) in [6.07, 6.45) is 0. The van der Waals surface area contributed by atoms with Gasteiger partial charge in [0.15, 0.2) is 11.5 Å². The summed E-state index contributed by atoms with van der Waals surface area (Å²) >= 11 is 3.56. The van der Waals surface area contributed by atoms with E-state index in [1.807, 2.05) is 31.2 Å². The maximum absolute atomic E-state index is 5.52. The molecule has 0 saturated carbocycles. The molecule has 0 heterocycles. The highest BCUT2D eigenvalue weighted by Gasteiger charge is 2.05. The topological polar surface area (TPSA) is 30.5 Å². The van der Waals surface area contributed by atoms with Crippen LogP contribution in [-0.4, -0.2) is 13.7 Å². The van der Waals surface area contributed by atoms with E-state index in [0.717, 1.165) is 29.1 Å². The van der Waals surface area contributed by atoms with Gasteiger partial charge < -0.3 is 14.8 Å². The first-order chi connectivity index (χ1) is 10.2. The minimum Gasteiger partial charge on any atom is -0.493 e. The fraction of sp³-hybridized carbons (Fsp3) is 0.294. The average molecular weight is 350 g/mol. The molecule has 0 amide bonds. The maximum Gasteiger partial charge on any atom is 0.161 e. The lowest BCUT2D eigenvalue weighted by molar-refractivity contribution is 0.310. The van der Waals surface area contributed by atoms with Gasteiger partial charge in [-0.2, -0.15) is 0 Å². The van der Waals surface area contributed by atoms with E-state index < -0.39 is 0 Å². The van der Waals surface area contributed by atoms with Gasteiger partial charge in [-0.05, 0) is 36.2 Å². The van der Waals surface area contributed by atoms with Crippen molar-refractivity contribution in [1.29, 1.82) is 0 Å². The van der Waals surface area contributed by atoms with Gasteiger partial charge in [-0.15, -0.1) is 0 Å². The Morgan fingerprint density at radius 3 is 2.57 bits per heavy atom. The normalized spacial score (nSPS) is 10.4. The molecule has 0 unspecified atom stereocenters. The number of methoxy groups -OCH3 is 1. The lowest BCUT2D eigenvalue weighted by Crippen LogP contribution is -2.13. The van der Waals surface area contributed by atoms with Gasteiger partial charge in [0.1, 0.15) is 0 Å². The molecule has 0 radical (unpaired) electrons. The Kier molecular flexibility index (Phi) is 6.08. The predicted octanol–water partition coefficient (Wildman–Crippen LogP) is 4.15. The quantitative estimate of drug-likeness (QED) is 0.814. The van der Waals surface area contributed by atoms with Crippen LogP contribution >= 0.6 is 15.9 Å².